The summed E-state index contributed by atoms with van der Waals surface area (Å²) in [4.78, 5) is 2.55. The Morgan fingerprint density at radius 2 is 2.10 bits per heavy atom. The molecule has 3 heteroatoms. The molecule has 0 bridgehead atoms. The minimum atomic E-state index is 0.729. The average molecular weight is 283 g/mol. The second kappa shape index (κ2) is 6.35. The molecule has 0 aliphatic carbocycles. The molecule has 0 saturated carbocycles. The van der Waals surface area contributed by atoms with Crippen molar-refractivity contribution in [2.75, 3.05) is 36.9 Å². The molecule has 0 spiro atoms. The second-order valence-corrected chi connectivity index (χ2v) is 5.96. The Labute approximate surface area is 127 Å². The van der Waals surface area contributed by atoms with Crippen molar-refractivity contribution in [3.63, 3.8) is 0 Å². The minimum absolute atomic E-state index is 0.729. The van der Waals surface area contributed by atoms with Crippen molar-refractivity contribution in [2.24, 2.45) is 11.7 Å². The molecule has 0 radical (unpaired) electrons. The van der Waals surface area contributed by atoms with Gasteiger partial charge < -0.3 is 16.0 Å². The molecule has 21 heavy (non-hydrogen) atoms. The molecule has 1 heterocycles. The first-order valence-corrected chi connectivity index (χ1v) is 7.98. The van der Waals surface area contributed by atoms with E-state index in [1.165, 1.54) is 35.0 Å². The highest BCUT2D eigenvalue weighted by Gasteiger charge is 2.22. The zero-order chi connectivity index (χ0) is 14.7. The van der Waals surface area contributed by atoms with Gasteiger partial charge in [-0.25, -0.2) is 0 Å². The fourth-order valence-corrected chi connectivity index (χ4v) is 3.54. The Morgan fingerprint density at radius 1 is 1.24 bits per heavy atom. The van der Waals surface area contributed by atoms with Crippen molar-refractivity contribution >= 4 is 22.1 Å². The van der Waals surface area contributed by atoms with Gasteiger partial charge >= 0.3 is 0 Å². The lowest BCUT2D eigenvalue weighted by atomic mass is 9.93. The van der Waals surface area contributed by atoms with Crippen LogP contribution < -0.4 is 16.0 Å². The summed E-state index contributed by atoms with van der Waals surface area (Å²) in [6, 6.07) is 13.1. The Kier molecular flexibility index (Phi) is 4.30. The molecule has 1 atom stereocenters. The van der Waals surface area contributed by atoms with Crippen LogP contribution in [0.15, 0.2) is 36.4 Å². The van der Waals surface area contributed by atoms with E-state index in [-0.39, 0.29) is 0 Å². The van der Waals surface area contributed by atoms with E-state index in [9.17, 15) is 0 Å². The Morgan fingerprint density at radius 3 is 2.90 bits per heavy atom. The summed E-state index contributed by atoms with van der Waals surface area (Å²) in [6.07, 6.45) is 3.71. The third-order valence-corrected chi connectivity index (χ3v) is 4.58. The predicted molar refractivity (Wildman–Crippen MR) is 92.1 cm³/mol. The van der Waals surface area contributed by atoms with Gasteiger partial charge in [-0.3, -0.25) is 0 Å². The summed E-state index contributed by atoms with van der Waals surface area (Å²) in [6.45, 7) is 3.07. The van der Waals surface area contributed by atoms with Gasteiger partial charge in [0.2, 0.25) is 0 Å². The predicted octanol–water partition coefficient (Wildman–Crippen LogP) is 3.45. The molecule has 0 aromatic heterocycles. The molecule has 112 valence electrons. The van der Waals surface area contributed by atoms with E-state index in [4.69, 9.17) is 5.73 Å². The van der Waals surface area contributed by atoms with E-state index >= 15 is 0 Å². The summed E-state index contributed by atoms with van der Waals surface area (Å²) in [5, 5.41) is 6.02. The van der Waals surface area contributed by atoms with Gasteiger partial charge in [-0.2, -0.15) is 0 Å². The van der Waals surface area contributed by atoms with E-state index in [0.29, 0.717) is 0 Å². The number of nitrogens with zero attached hydrogens (tertiary/aromatic N) is 1. The molecular weight excluding hydrogens is 258 g/mol. The number of benzene rings is 2. The number of piperidine rings is 1. The van der Waals surface area contributed by atoms with Crippen molar-refractivity contribution < 1.29 is 0 Å². The van der Waals surface area contributed by atoms with Crippen LogP contribution in [0.3, 0.4) is 0 Å². The van der Waals surface area contributed by atoms with Crippen LogP contribution in [0.1, 0.15) is 19.3 Å². The molecule has 1 aliphatic rings. The zero-order valence-electron chi connectivity index (χ0n) is 12.8. The average Bonchev–Trinajstić information content (AvgIpc) is 2.54. The summed E-state index contributed by atoms with van der Waals surface area (Å²) in [5.74, 6) is 0.729. The van der Waals surface area contributed by atoms with Gasteiger partial charge in [0, 0.05) is 25.5 Å². The number of nitrogens with one attached hydrogen (secondary N) is 1. The minimum Gasteiger partial charge on any atom is -0.386 e. The summed E-state index contributed by atoms with van der Waals surface area (Å²) < 4.78 is 0. The Balaban J connectivity index is 2.01. The number of nitrogens with two attached hydrogens (primary N) is 1. The number of rotatable bonds is 4. The van der Waals surface area contributed by atoms with Crippen molar-refractivity contribution in [3.8, 4) is 0 Å². The van der Waals surface area contributed by atoms with Crippen LogP contribution in [0.4, 0.5) is 11.4 Å². The molecular formula is C18H25N3. The topological polar surface area (TPSA) is 41.3 Å². The largest absolute Gasteiger partial charge is 0.386 e. The van der Waals surface area contributed by atoms with Gasteiger partial charge in [0.15, 0.2) is 0 Å². The molecule has 1 unspecified atom stereocenters. The number of hydrogen-bond donors (Lipinski definition) is 2. The number of fused-ring (bicyclic) bond motifs is 1. The van der Waals surface area contributed by atoms with Gasteiger partial charge in [0.25, 0.3) is 0 Å². The van der Waals surface area contributed by atoms with E-state index in [1.54, 1.807) is 0 Å². The molecule has 3 rings (SSSR count). The normalized spacial score (nSPS) is 19.0. The van der Waals surface area contributed by atoms with E-state index in [1.807, 2.05) is 7.05 Å². The highest BCUT2D eigenvalue weighted by Crippen LogP contribution is 2.37. The van der Waals surface area contributed by atoms with Crippen LogP contribution in [0.2, 0.25) is 0 Å². The maximum Gasteiger partial charge on any atom is 0.0681 e. The standard InChI is InChI=1S/C18H25N3/c1-20-17-9-8-15-6-2-3-7-16(15)18(17)21-12-4-5-14(13-21)10-11-19/h2-3,6-9,14,20H,4-5,10-13,19H2,1H3. The van der Waals surface area contributed by atoms with Crippen molar-refractivity contribution in [2.45, 2.75) is 19.3 Å². The molecule has 0 amide bonds. The SMILES string of the molecule is CNc1ccc2ccccc2c1N1CCCC(CCN)C1. The lowest BCUT2D eigenvalue weighted by Gasteiger charge is -2.36. The second-order valence-electron chi connectivity index (χ2n) is 5.96. The lowest BCUT2D eigenvalue weighted by Crippen LogP contribution is -2.36. The quantitative estimate of drug-likeness (QED) is 0.903. The smallest absolute Gasteiger partial charge is 0.0681 e. The molecule has 3 nitrogen and oxygen atoms in total. The monoisotopic (exact) mass is 283 g/mol. The van der Waals surface area contributed by atoms with E-state index < -0.39 is 0 Å². The maximum absolute atomic E-state index is 5.76. The molecule has 2 aromatic carbocycles. The molecule has 1 fully saturated rings. The maximum atomic E-state index is 5.76. The van der Waals surface area contributed by atoms with Gasteiger partial charge in [-0.1, -0.05) is 30.3 Å². The molecule has 2 aromatic rings. The summed E-state index contributed by atoms with van der Waals surface area (Å²) in [7, 11) is 2.01. The van der Waals surface area contributed by atoms with Crippen LogP contribution in [0.25, 0.3) is 10.8 Å². The van der Waals surface area contributed by atoms with Crippen molar-refractivity contribution in [1.29, 1.82) is 0 Å². The Bertz CT molecular complexity index is 606. The van der Waals surface area contributed by atoms with Crippen molar-refractivity contribution in [1.82, 2.24) is 0 Å². The summed E-state index contributed by atoms with van der Waals surface area (Å²) >= 11 is 0. The van der Waals surface area contributed by atoms with Crippen LogP contribution >= 0.6 is 0 Å². The van der Waals surface area contributed by atoms with Gasteiger partial charge in [0.05, 0.1) is 11.4 Å². The van der Waals surface area contributed by atoms with Gasteiger partial charge in [0.1, 0.15) is 0 Å². The Hall–Kier alpha value is -1.74. The highest BCUT2D eigenvalue weighted by atomic mass is 15.2. The molecule has 1 saturated heterocycles. The van der Waals surface area contributed by atoms with Crippen LogP contribution in [0.5, 0.6) is 0 Å². The first-order valence-electron chi connectivity index (χ1n) is 7.98. The third-order valence-electron chi connectivity index (χ3n) is 4.58. The molecule has 3 N–H and O–H groups in total. The first kappa shape index (κ1) is 14.2. The van der Waals surface area contributed by atoms with Crippen LogP contribution in [-0.2, 0) is 0 Å². The van der Waals surface area contributed by atoms with Crippen LogP contribution in [-0.4, -0.2) is 26.7 Å². The molecule has 1 aliphatic heterocycles. The van der Waals surface area contributed by atoms with Gasteiger partial charge in [-0.15, -0.1) is 0 Å². The third kappa shape index (κ3) is 2.84. The lowest BCUT2D eigenvalue weighted by molar-refractivity contribution is 0.396. The number of anilines is 2. The van der Waals surface area contributed by atoms with E-state index in [0.717, 1.165) is 32.0 Å². The fraction of sp³-hybridized carbons (Fsp3) is 0.444. The zero-order valence-corrected chi connectivity index (χ0v) is 12.8. The highest BCUT2D eigenvalue weighted by molar-refractivity contribution is 6.00. The van der Waals surface area contributed by atoms with E-state index in [2.05, 4.69) is 46.6 Å². The fourth-order valence-electron chi connectivity index (χ4n) is 3.54. The first-order chi connectivity index (χ1) is 10.3. The van der Waals surface area contributed by atoms with Crippen molar-refractivity contribution in [3.05, 3.63) is 36.4 Å². The summed E-state index contributed by atoms with van der Waals surface area (Å²) in [5.41, 5.74) is 8.34. The van der Waals surface area contributed by atoms with Gasteiger partial charge in [-0.05, 0) is 43.2 Å². The van der Waals surface area contributed by atoms with Crippen LogP contribution in [0, 0.1) is 5.92 Å². The number of hydrogen-bond acceptors (Lipinski definition) is 3.